The first-order chi connectivity index (χ1) is 8.31. The van der Waals surface area contributed by atoms with Crippen molar-refractivity contribution < 1.29 is 18.3 Å². The Labute approximate surface area is 113 Å². The quantitative estimate of drug-likeness (QED) is 0.805. The minimum Gasteiger partial charge on any atom is -0.480 e. The van der Waals surface area contributed by atoms with Crippen molar-refractivity contribution >= 4 is 27.8 Å². The topological polar surface area (TPSA) is 74.7 Å². The Balaban J connectivity index is 2.99. The smallest absolute Gasteiger partial charge is 0.322 e. The maximum absolute atomic E-state index is 12.3. The number of hydrogen-bond acceptors (Lipinski definition) is 4. The number of sulfonamides is 1. The average molecular weight is 295 g/mol. The Hall–Kier alpha value is -0.270. The van der Waals surface area contributed by atoms with Crippen LogP contribution in [-0.4, -0.2) is 46.7 Å². The van der Waals surface area contributed by atoms with Crippen LogP contribution >= 0.6 is 11.8 Å². The molecule has 0 aromatic heterocycles. The summed E-state index contributed by atoms with van der Waals surface area (Å²) in [5.74, 6) is -0.567. The lowest BCUT2D eigenvalue weighted by Gasteiger charge is -2.28. The van der Waals surface area contributed by atoms with Gasteiger partial charge in [-0.3, -0.25) is 4.79 Å². The number of hydrogen-bond donors (Lipinski definition) is 1. The molecule has 18 heavy (non-hydrogen) atoms. The van der Waals surface area contributed by atoms with Crippen LogP contribution in [0.15, 0.2) is 0 Å². The molecule has 1 N–H and O–H groups in total. The van der Waals surface area contributed by atoms with E-state index in [1.54, 1.807) is 0 Å². The van der Waals surface area contributed by atoms with Gasteiger partial charge in [-0.1, -0.05) is 27.2 Å². The first-order valence-corrected chi connectivity index (χ1v) is 8.82. The summed E-state index contributed by atoms with van der Waals surface area (Å²) in [6.07, 6.45) is 1.35. The van der Waals surface area contributed by atoms with Gasteiger partial charge in [0.15, 0.2) is 0 Å². The highest BCUT2D eigenvalue weighted by molar-refractivity contribution is 8.01. The molecule has 1 aliphatic heterocycles. The minimum atomic E-state index is -3.48. The van der Waals surface area contributed by atoms with Crippen molar-refractivity contribution in [3.63, 3.8) is 0 Å². The molecule has 2 unspecified atom stereocenters. The van der Waals surface area contributed by atoms with Gasteiger partial charge in [0.25, 0.3) is 0 Å². The number of unbranched alkanes of at least 4 members (excludes halogenated alkanes) is 1. The summed E-state index contributed by atoms with van der Waals surface area (Å²) >= 11 is 1.42. The molecule has 106 valence electrons. The van der Waals surface area contributed by atoms with Crippen LogP contribution in [-0.2, 0) is 14.8 Å². The maximum Gasteiger partial charge on any atom is 0.322 e. The van der Waals surface area contributed by atoms with Gasteiger partial charge in [0.2, 0.25) is 10.0 Å². The monoisotopic (exact) mass is 295 g/mol. The number of nitrogens with zero attached hydrogens (tertiary/aromatic N) is 1. The summed E-state index contributed by atoms with van der Waals surface area (Å²) in [4.78, 5) is 11.2. The third kappa shape index (κ3) is 3.39. The van der Waals surface area contributed by atoms with Crippen molar-refractivity contribution in [1.29, 1.82) is 0 Å². The summed E-state index contributed by atoms with van der Waals surface area (Å²) < 4.78 is 25.8. The summed E-state index contributed by atoms with van der Waals surface area (Å²) in [6.45, 7) is 5.76. The minimum absolute atomic E-state index is 0.0388. The lowest BCUT2D eigenvalue weighted by atomic mass is 10.2. The van der Waals surface area contributed by atoms with E-state index in [0.29, 0.717) is 12.2 Å². The third-order valence-corrected chi connectivity index (χ3v) is 6.60. The fourth-order valence-electron chi connectivity index (χ4n) is 1.96. The van der Waals surface area contributed by atoms with Crippen LogP contribution in [0.4, 0.5) is 0 Å². The number of carbonyl (C=O) groups is 1. The number of thioether (sulfide) groups is 1. The first-order valence-electron chi connectivity index (χ1n) is 6.17. The molecule has 5 nitrogen and oxygen atoms in total. The largest absolute Gasteiger partial charge is 0.480 e. The second-order valence-electron chi connectivity index (χ2n) is 4.82. The molecule has 1 aliphatic rings. The van der Waals surface area contributed by atoms with Crippen molar-refractivity contribution in [3.05, 3.63) is 0 Å². The van der Waals surface area contributed by atoms with Crippen molar-refractivity contribution in [3.8, 4) is 0 Å². The van der Waals surface area contributed by atoms with Crippen LogP contribution < -0.4 is 0 Å². The second-order valence-corrected chi connectivity index (χ2v) is 7.96. The third-order valence-electron chi connectivity index (χ3n) is 2.92. The van der Waals surface area contributed by atoms with E-state index < -0.39 is 22.0 Å². The van der Waals surface area contributed by atoms with E-state index in [1.165, 1.54) is 16.1 Å². The molecule has 1 saturated heterocycles. The average Bonchev–Trinajstić information content (AvgIpc) is 2.71. The van der Waals surface area contributed by atoms with E-state index in [2.05, 4.69) is 0 Å². The van der Waals surface area contributed by atoms with E-state index in [4.69, 9.17) is 5.11 Å². The van der Waals surface area contributed by atoms with Crippen molar-refractivity contribution in [2.45, 2.75) is 45.0 Å². The Morgan fingerprint density at radius 2 is 2.11 bits per heavy atom. The van der Waals surface area contributed by atoms with Gasteiger partial charge in [-0.2, -0.15) is 4.31 Å². The van der Waals surface area contributed by atoms with Crippen molar-refractivity contribution in [1.82, 2.24) is 4.31 Å². The Morgan fingerprint density at radius 3 is 2.56 bits per heavy atom. The van der Waals surface area contributed by atoms with Crippen LogP contribution in [0.1, 0.15) is 33.6 Å². The van der Waals surface area contributed by atoms with Crippen LogP contribution in [0, 0.1) is 5.92 Å². The molecule has 0 amide bonds. The zero-order valence-electron chi connectivity index (χ0n) is 11.0. The van der Waals surface area contributed by atoms with E-state index in [9.17, 15) is 13.2 Å². The van der Waals surface area contributed by atoms with Gasteiger partial charge in [-0.25, -0.2) is 8.42 Å². The van der Waals surface area contributed by atoms with Crippen molar-refractivity contribution in [2.24, 2.45) is 5.92 Å². The molecule has 1 rings (SSSR count). The molecular formula is C11H21NO4S2. The van der Waals surface area contributed by atoms with Gasteiger partial charge in [0.1, 0.15) is 6.04 Å². The number of carboxylic acids is 1. The molecule has 0 saturated carbocycles. The summed E-state index contributed by atoms with van der Waals surface area (Å²) in [7, 11) is -3.48. The van der Waals surface area contributed by atoms with Gasteiger partial charge in [0, 0.05) is 5.75 Å². The van der Waals surface area contributed by atoms with Gasteiger partial charge < -0.3 is 5.11 Å². The van der Waals surface area contributed by atoms with Gasteiger partial charge in [-0.05, 0) is 12.3 Å². The van der Waals surface area contributed by atoms with Gasteiger partial charge >= 0.3 is 5.97 Å². The molecule has 1 heterocycles. The maximum atomic E-state index is 12.3. The second kappa shape index (κ2) is 6.25. The van der Waals surface area contributed by atoms with Crippen molar-refractivity contribution in [2.75, 3.05) is 11.5 Å². The number of aliphatic carboxylic acids is 1. The molecule has 0 spiro atoms. The van der Waals surface area contributed by atoms with Crippen LogP contribution in [0.2, 0.25) is 0 Å². The molecule has 2 atom stereocenters. The van der Waals surface area contributed by atoms with E-state index in [1.807, 2.05) is 20.8 Å². The summed E-state index contributed by atoms with van der Waals surface area (Å²) in [5, 5.41) is 8.90. The molecule has 0 aromatic carbocycles. The van der Waals surface area contributed by atoms with Crippen LogP contribution in [0.5, 0.6) is 0 Å². The van der Waals surface area contributed by atoms with Crippen LogP contribution in [0.3, 0.4) is 0 Å². The van der Waals surface area contributed by atoms with Gasteiger partial charge in [-0.15, -0.1) is 11.8 Å². The van der Waals surface area contributed by atoms with Crippen LogP contribution in [0.25, 0.3) is 0 Å². The number of rotatable bonds is 6. The Kier molecular flexibility index (Phi) is 5.48. The SMILES string of the molecule is CCCCS(=O)(=O)N1C(C(=O)O)CSC1C(C)C. The Bertz CT molecular complexity index is 394. The molecule has 7 heteroatoms. The lowest BCUT2D eigenvalue weighted by Crippen LogP contribution is -2.47. The first kappa shape index (κ1) is 15.8. The molecule has 0 aliphatic carbocycles. The Morgan fingerprint density at radius 1 is 1.50 bits per heavy atom. The summed E-state index contributed by atoms with van der Waals surface area (Å²) in [6, 6.07) is -0.913. The predicted octanol–water partition coefficient (Wildman–Crippen LogP) is 1.60. The highest BCUT2D eigenvalue weighted by atomic mass is 32.2. The summed E-state index contributed by atoms with van der Waals surface area (Å²) in [5.41, 5.74) is 0. The zero-order valence-corrected chi connectivity index (χ0v) is 12.6. The fourth-order valence-corrected chi connectivity index (χ4v) is 5.97. The zero-order chi connectivity index (χ0) is 13.9. The molecule has 0 bridgehead atoms. The highest BCUT2D eigenvalue weighted by Crippen LogP contribution is 2.36. The predicted molar refractivity (Wildman–Crippen MR) is 73.0 cm³/mol. The molecule has 1 fully saturated rings. The lowest BCUT2D eigenvalue weighted by molar-refractivity contribution is -0.140. The molecular weight excluding hydrogens is 274 g/mol. The standard InChI is InChI=1S/C11H21NO4S2/c1-4-5-6-18(15,16)12-9(11(13)14)7-17-10(12)8(2)3/h8-10H,4-7H2,1-3H3,(H,13,14). The molecule has 0 radical (unpaired) electrons. The molecule has 0 aromatic rings. The van der Waals surface area contributed by atoms with E-state index >= 15 is 0 Å². The van der Waals surface area contributed by atoms with Gasteiger partial charge in [0.05, 0.1) is 11.1 Å². The van der Waals surface area contributed by atoms with E-state index in [-0.39, 0.29) is 17.0 Å². The fraction of sp³-hybridized carbons (Fsp3) is 0.909. The highest BCUT2D eigenvalue weighted by Gasteiger charge is 2.46. The normalized spacial score (nSPS) is 25.8. The number of carboxylic acid groups (broad SMARTS) is 1. The van der Waals surface area contributed by atoms with E-state index in [0.717, 1.165) is 6.42 Å².